The molecule has 1 aliphatic heterocycles. The third kappa shape index (κ3) is 4.69. The van der Waals surface area contributed by atoms with Gasteiger partial charge >= 0.3 is 0 Å². The Morgan fingerprint density at radius 2 is 2.21 bits per heavy atom. The molecule has 1 saturated carbocycles. The molecule has 1 atom stereocenters. The molecule has 1 unspecified atom stereocenters. The summed E-state index contributed by atoms with van der Waals surface area (Å²) in [6.45, 7) is 3.85. The maximum Gasteiger partial charge on any atom is 0.191 e. The minimum Gasteiger partial charge on any atom is -0.356 e. The van der Waals surface area contributed by atoms with Gasteiger partial charge in [-0.2, -0.15) is 5.10 Å². The number of benzene rings is 1. The maximum atomic E-state index is 4.60. The highest BCUT2D eigenvalue weighted by molar-refractivity contribution is 14.0. The van der Waals surface area contributed by atoms with Crippen LogP contribution in [0.5, 0.6) is 0 Å². The van der Waals surface area contributed by atoms with Crippen molar-refractivity contribution in [2.75, 3.05) is 13.6 Å². The number of nitrogens with zero attached hydrogens (tertiary/aromatic N) is 4. The van der Waals surface area contributed by atoms with E-state index in [-0.39, 0.29) is 29.4 Å². The SMILES string of the molecule is CCc1nc2n(n1)CC(NC(=NC)NCC1(c3cccc(Br)c3)CC1)CC2.I. The second-order valence-corrected chi connectivity index (χ2v) is 8.49. The van der Waals surface area contributed by atoms with Crippen LogP contribution in [0.3, 0.4) is 0 Å². The van der Waals surface area contributed by atoms with E-state index in [0.29, 0.717) is 6.04 Å². The van der Waals surface area contributed by atoms with Gasteiger partial charge in [0.1, 0.15) is 5.82 Å². The predicted octanol–water partition coefficient (Wildman–Crippen LogP) is 3.43. The van der Waals surface area contributed by atoms with Crippen LogP contribution in [-0.2, 0) is 24.8 Å². The average molecular weight is 559 g/mol. The van der Waals surface area contributed by atoms with Crippen molar-refractivity contribution in [2.24, 2.45) is 4.99 Å². The Hall–Kier alpha value is -1.16. The van der Waals surface area contributed by atoms with Crippen molar-refractivity contribution in [3.63, 3.8) is 0 Å². The molecule has 1 fully saturated rings. The van der Waals surface area contributed by atoms with Gasteiger partial charge in [-0.15, -0.1) is 24.0 Å². The summed E-state index contributed by atoms with van der Waals surface area (Å²) in [4.78, 5) is 9.04. The molecule has 152 valence electrons. The monoisotopic (exact) mass is 558 g/mol. The Balaban J connectivity index is 0.00000225. The van der Waals surface area contributed by atoms with Crippen LogP contribution in [0, 0.1) is 0 Å². The number of guanidine groups is 1. The highest BCUT2D eigenvalue weighted by Crippen LogP contribution is 2.48. The molecule has 6 nitrogen and oxygen atoms in total. The number of fused-ring (bicyclic) bond motifs is 1. The number of hydrogen-bond donors (Lipinski definition) is 2. The Morgan fingerprint density at radius 3 is 2.89 bits per heavy atom. The summed E-state index contributed by atoms with van der Waals surface area (Å²) < 4.78 is 3.20. The Kier molecular flexibility index (Phi) is 7.01. The van der Waals surface area contributed by atoms with Gasteiger partial charge in [-0.25, -0.2) is 9.67 Å². The molecule has 2 heterocycles. The number of halogens is 2. The number of aryl methyl sites for hydroxylation is 2. The lowest BCUT2D eigenvalue weighted by molar-refractivity contribution is 0.391. The lowest BCUT2D eigenvalue weighted by atomic mass is 9.96. The minimum atomic E-state index is 0. The van der Waals surface area contributed by atoms with Gasteiger partial charge in [0, 0.05) is 42.4 Å². The molecule has 2 N–H and O–H groups in total. The second-order valence-electron chi connectivity index (χ2n) is 7.58. The zero-order valence-corrected chi connectivity index (χ0v) is 20.3. The van der Waals surface area contributed by atoms with E-state index < -0.39 is 0 Å². The molecule has 0 radical (unpaired) electrons. The largest absolute Gasteiger partial charge is 0.356 e. The molecule has 1 aromatic carbocycles. The highest BCUT2D eigenvalue weighted by Gasteiger charge is 2.44. The number of aromatic nitrogens is 3. The van der Waals surface area contributed by atoms with E-state index in [1.54, 1.807) is 0 Å². The van der Waals surface area contributed by atoms with E-state index in [4.69, 9.17) is 0 Å². The first-order valence-corrected chi connectivity index (χ1v) is 10.6. The zero-order chi connectivity index (χ0) is 18.9. The number of rotatable bonds is 5. The Bertz CT molecular complexity index is 845. The van der Waals surface area contributed by atoms with Gasteiger partial charge in [-0.05, 0) is 37.0 Å². The second kappa shape index (κ2) is 9.11. The molecule has 1 aliphatic carbocycles. The molecule has 28 heavy (non-hydrogen) atoms. The van der Waals surface area contributed by atoms with Crippen molar-refractivity contribution in [3.05, 3.63) is 46.0 Å². The molecule has 0 spiro atoms. The molecule has 2 aliphatic rings. The van der Waals surface area contributed by atoms with E-state index in [1.165, 1.54) is 18.4 Å². The van der Waals surface area contributed by atoms with Crippen LogP contribution >= 0.6 is 39.9 Å². The van der Waals surface area contributed by atoms with E-state index in [2.05, 4.69) is 77.5 Å². The third-order valence-corrected chi connectivity index (χ3v) is 6.16. The van der Waals surface area contributed by atoms with Crippen LogP contribution in [0.4, 0.5) is 0 Å². The van der Waals surface area contributed by atoms with Crippen molar-refractivity contribution in [3.8, 4) is 0 Å². The van der Waals surface area contributed by atoms with Gasteiger partial charge in [0.25, 0.3) is 0 Å². The van der Waals surface area contributed by atoms with E-state index in [1.807, 2.05) is 7.05 Å². The summed E-state index contributed by atoms with van der Waals surface area (Å²) in [5.74, 6) is 2.93. The van der Waals surface area contributed by atoms with E-state index >= 15 is 0 Å². The van der Waals surface area contributed by atoms with Gasteiger partial charge in [-0.3, -0.25) is 4.99 Å². The van der Waals surface area contributed by atoms with Crippen LogP contribution in [0.1, 0.15) is 43.4 Å². The van der Waals surface area contributed by atoms with Crippen molar-refractivity contribution in [1.82, 2.24) is 25.4 Å². The van der Waals surface area contributed by atoms with Crippen LogP contribution in [0.2, 0.25) is 0 Å². The minimum absolute atomic E-state index is 0. The fourth-order valence-electron chi connectivity index (χ4n) is 3.81. The van der Waals surface area contributed by atoms with Gasteiger partial charge < -0.3 is 10.6 Å². The Labute approximate surface area is 192 Å². The molecule has 0 amide bonds. The predicted molar refractivity (Wildman–Crippen MR) is 126 cm³/mol. The smallest absolute Gasteiger partial charge is 0.191 e. The zero-order valence-electron chi connectivity index (χ0n) is 16.4. The standard InChI is InChI=1S/C20H27BrN6.HI/c1-3-17-25-18-8-7-16(12-27(18)26-17)24-19(22-2)23-13-20(9-10-20)14-5-4-6-15(21)11-14;/h4-6,11,16H,3,7-10,12-13H2,1-2H3,(H2,22,23,24);1H. The first-order valence-electron chi connectivity index (χ1n) is 9.78. The molecule has 8 heteroatoms. The van der Waals surface area contributed by atoms with Crippen molar-refractivity contribution in [1.29, 1.82) is 0 Å². The first-order chi connectivity index (χ1) is 13.1. The van der Waals surface area contributed by atoms with Crippen LogP contribution in [0.25, 0.3) is 0 Å². The summed E-state index contributed by atoms with van der Waals surface area (Å²) in [5, 5.41) is 11.7. The lowest BCUT2D eigenvalue weighted by Crippen LogP contribution is -2.48. The molecular formula is C20H28BrIN6. The lowest BCUT2D eigenvalue weighted by Gasteiger charge is -2.26. The maximum absolute atomic E-state index is 4.60. The quantitative estimate of drug-likeness (QED) is 0.335. The van der Waals surface area contributed by atoms with E-state index in [9.17, 15) is 0 Å². The molecule has 2 aromatic rings. The van der Waals surface area contributed by atoms with Gasteiger partial charge in [0.05, 0.1) is 6.54 Å². The van der Waals surface area contributed by atoms with Gasteiger partial charge in [0.2, 0.25) is 0 Å². The molecule has 4 rings (SSSR count). The van der Waals surface area contributed by atoms with Crippen LogP contribution in [-0.4, -0.2) is 40.4 Å². The summed E-state index contributed by atoms with van der Waals surface area (Å²) >= 11 is 3.59. The fraction of sp³-hybridized carbons (Fsp3) is 0.550. The average Bonchev–Trinajstić information content (AvgIpc) is 3.36. The number of aliphatic imine (C=N–C) groups is 1. The first kappa shape index (κ1) is 21.5. The normalized spacial score (nSPS) is 20.1. The van der Waals surface area contributed by atoms with Crippen molar-refractivity contribution >= 4 is 45.9 Å². The third-order valence-electron chi connectivity index (χ3n) is 5.67. The fourth-order valence-corrected chi connectivity index (χ4v) is 4.21. The van der Waals surface area contributed by atoms with Crippen molar-refractivity contribution < 1.29 is 0 Å². The molecular weight excluding hydrogens is 531 g/mol. The molecule has 0 saturated heterocycles. The summed E-state index contributed by atoms with van der Waals surface area (Å²) in [6.07, 6.45) is 5.35. The highest BCUT2D eigenvalue weighted by atomic mass is 127. The molecule has 0 bridgehead atoms. The van der Waals surface area contributed by atoms with Gasteiger partial charge in [0.15, 0.2) is 11.8 Å². The summed E-state index contributed by atoms with van der Waals surface area (Å²) in [7, 11) is 1.84. The Morgan fingerprint density at radius 1 is 1.39 bits per heavy atom. The van der Waals surface area contributed by atoms with Crippen LogP contribution < -0.4 is 10.6 Å². The van der Waals surface area contributed by atoms with Crippen molar-refractivity contribution in [2.45, 2.75) is 57.0 Å². The summed E-state index contributed by atoms with van der Waals surface area (Å²) in [6, 6.07) is 9.00. The van der Waals surface area contributed by atoms with E-state index in [0.717, 1.165) is 54.4 Å². The van der Waals surface area contributed by atoms with Gasteiger partial charge in [-0.1, -0.05) is 35.0 Å². The molecule has 1 aromatic heterocycles. The van der Waals surface area contributed by atoms with Crippen LogP contribution in [0.15, 0.2) is 33.7 Å². The number of nitrogens with one attached hydrogen (secondary N) is 2. The number of hydrogen-bond acceptors (Lipinski definition) is 3. The topological polar surface area (TPSA) is 67.1 Å². The summed E-state index contributed by atoms with van der Waals surface area (Å²) in [5.41, 5.74) is 1.64.